The van der Waals surface area contributed by atoms with Crippen LogP contribution in [-0.2, 0) is 4.74 Å². The normalized spacial score (nSPS) is 34.0. The van der Waals surface area contributed by atoms with Crippen LogP contribution in [0.4, 0.5) is 0 Å². The van der Waals surface area contributed by atoms with Crippen LogP contribution in [0, 0.1) is 17.8 Å². The Balaban J connectivity index is 2.25. The van der Waals surface area contributed by atoms with Gasteiger partial charge in [-0.3, -0.25) is 0 Å². The highest BCUT2D eigenvalue weighted by atomic mass is 32.1. The second-order valence-electron chi connectivity index (χ2n) is 5.33. The van der Waals surface area contributed by atoms with Gasteiger partial charge >= 0.3 is 0 Å². The summed E-state index contributed by atoms with van der Waals surface area (Å²) in [6.45, 7) is 7.82. The first-order valence-electron chi connectivity index (χ1n) is 6.38. The van der Waals surface area contributed by atoms with Crippen LogP contribution < -0.4 is 0 Å². The Labute approximate surface area is 100 Å². The second-order valence-corrected chi connectivity index (χ2v) is 5.69. The maximum atomic E-state index is 6.02. The molecule has 3 unspecified atom stereocenters. The molecule has 0 saturated heterocycles. The van der Waals surface area contributed by atoms with Gasteiger partial charge in [-0.05, 0) is 42.8 Å². The van der Waals surface area contributed by atoms with Crippen molar-refractivity contribution in [2.24, 2.45) is 17.8 Å². The highest BCUT2D eigenvalue weighted by molar-refractivity contribution is 7.80. The van der Waals surface area contributed by atoms with Gasteiger partial charge in [-0.1, -0.05) is 27.2 Å². The zero-order valence-corrected chi connectivity index (χ0v) is 11.3. The standard InChI is InChI=1S/C13H26OS/c1-4-12(9-15)8-14-13-6-10(2)5-11(3)7-13/h10-13,15H,4-9H2,1-3H3. The van der Waals surface area contributed by atoms with E-state index in [1.165, 1.54) is 25.7 Å². The molecular formula is C13H26OS. The number of hydrogen-bond acceptors (Lipinski definition) is 2. The molecular weight excluding hydrogens is 204 g/mol. The lowest BCUT2D eigenvalue weighted by molar-refractivity contribution is -0.0130. The monoisotopic (exact) mass is 230 g/mol. The number of ether oxygens (including phenoxy) is 1. The van der Waals surface area contributed by atoms with Crippen LogP contribution in [0.1, 0.15) is 46.5 Å². The van der Waals surface area contributed by atoms with Gasteiger partial charge in [-0.15, -0.1) is 0 Å². The minimum absolute atomic E-state index is 0.512. The predicted octanol–water partition coefficient (Wildman–Crippen LogP) is 3.78. The average Bonchev–Trinajstić information content (AvgIpc) is 2.18. The molecule has 0 amide bonds. The van der Waals surface area contributed by atoms with Crippen molar-refractivity contribution in [2.45, 2.75) is 52.6 Å². The molecule has 1 saturated carbocycles. The SMILES string of the molecule is CCC(CS)COC1CC(C)CC(C)C1. The summed E-state index contributed by atoms with van der Waals surface area (Å²) in [5, 5.41) is 0. The first kappa shape index (κ1) is 13.4. The van der Waals surface area contributed by atoms with Gasteiger partial charge in [0.2, 0.25) is 0 Å². The van der Waals surface area contributed by atoms with E-state index in [2.05, 4.69) is 33.4 Å². The topological polar surface area (TPSA) is 9.23 Å². The molecule has 0 radical (unpaired) electrons. The molecule has 1 aliphatic carbocycles. The molecule has 1 nitrogen and oxygen atoms in total. The van der Waals surface area contributed by atoms with Gasteiger partial charge in [-0.25, -0.2) is 0 Å². The third kappa shape index (κ3) is 4.78. The molecule has 15 heavy (non-hydrogen) atoms. The summed E-state index contributed by atoms with van der Waals surface area (Å²) in [6, 6.07) is 0. The van der Waals surface area contributed by atoms with Crippen molar-refractivity contribution in [1.82, 2.24) is 0 Å². The molecule has 0 spiro atoms. The molecule has 0 aromatic heterocycles. The van der Waals surface area contributed by atoms with Crippen molar-refractivity contribution in [3.05, 3.63) is 0 Å². The van der Waals surface area contributed by atoms with E-state index in [-0.39, 0.29) is 0 Å². The van der Waals surface area contributed by atoms with Crippen LogP contribution in [0.25, 0.3) is 0 Å². The molecule has 2 heteroatoms. The minimum Gasteiger partial charge on any atom is -0.378 e. The first-order chi connectivity index (χ1) is 7.15. The van der Waals surface area contributed by atoms with Gasteiger partial charge in [0, 0.05) is 0 Å². The van der Waals surface area contributed by atoms with Crippen molar-refractivity contribution >= 4 is 12.6 Å². The molecule has 0 aromatic rings. The average molecular weight is 230 g/mol. The molecule has 1 aliphatic rings. The maximum absolute atomic E-state index is 6.02. The van der Waals surface area contributed by atoms with Crippen LogP contribution in [0.3, 0.4) is 0 Å². The Bertz CT molecular complexity index is 158. The molecule has 90 valence electrons. The van der Waals surface area contributed by atoms with Crippen molar-refractivity contribution in [3.8, 4) is 0 Å². The van der Waals surface area contributed by atoms with E-state index in [4.69, 9.17) is 4.74 Å². The summed E-state index contributed by atoms with van der Waals surface area (Å²) < 4.78 is 6.02. The largest absolute Gasteiger partial charge is 0.378 e. The van der Waals surface area contributed by atoms with Gasteiger partial charge < -0.3 is 4.74 Å². The van der Waals surface area contributed by atoms with Gasteiger partial charge in [0.25, 0.3) is 0 Å². The Kier molecular flexibility index (Phi) is 6.06. The Morgan fingerprint density at radius 1 is 1.20 bits per heavy atom. The molecule has 0 N–H and O–H groups in total. The zero-order valence-electron chi connectivity index (χ0n) is 10.4. The summed E-state index contributed by atoms with van der Waals surface area (Å²) in [5.74, 6) is 3.28. The maximum Gasteiger partial charge on any atom is 0.0580 e. The Morgan fingerprint density at radius 3 is 2.27 bits per heavy atom. The van der Waals surface area contributed by atoms with Gasteiger partial charge in [0.1, 0.15) is 0 Å². The lowest BCUT2D eigenvalue weighted by Crippen LogP contribution is -2.28. The van der Waals surface area contributed by atoms with E-state index >= 15 is 0 Å². The van der Waals surface area contributed by atoms with Gasteiger partial charge in [-0.2, -0.15) is 12.6 Å². The number of rotatable bonds is 5. The van der Waals surface area contributed by atoms with Crippen LogP contribution in [0.15, 0.2) is 0 Å². The Hall–Kier alpha value is 0.310. The minimum atomic E-state index is 0.512. The van der Waals surface area contributed by atoms with E-state index in [9.17, 15) is 0 Å². The zero-order chi connectivity index (χ0) is 11.3. The summed E-state index contributed by atoms with van der Waals surface area (Å²) in [5.41, 5.74) is 0. The number of hydrogen-bond donors (Lipinski definition) is 1. The van der Waals surface area contributed by atoms with Crippen molar-refractivity contribution < 1.29 is 4.74 Å². The van der Waals surface area contributed by atoms with Crippen LogP contribution >= 0.6 is 12.6 Å². The highest BCUT2D eigenvalue weighted by Gasteiger charge is 2.24. The lowest BCUT2D eigenvalue weighted by atomic mass is 9.82. The summed E-state index contributed by atoms with van der Waals surface area (Å²) >= 11 is 4.35. The third-order valence-electron chi connectivity index (χ3n) is 3.54. The summed E-state index contributed by atoms with van der Waals surface area (Å²) in [7, 11) is 0. The van der Waals surface area contributed by atoms with Crippen molar-refractivity contribution in [1.29, 1.82) is 0 Å². The fourth-order valence-corrected chi connectivity index (χ4v) is 2.94. The van der Waals surface area contributed by atoms with E-state index in [0.29, 0.717) is 12.0 Å². The Morgan fingerprint density at radius 2 is 1.80 bits per heavy atom. The van der Waals surface area contributed by atoms with Gasteiger partial charge in [0.15, 0.2) is 0 Å². The lowest BCUT2D eigenvalue weighted by Gasteiger charge is -2.32. The molecule has 0 bridgehead atoms. The number of thiol groups is 1. The molecule has 0 aliphatic heterocycles. The molecule has 1 fully saturated rings. The quantitative estimate of drug-likeness (QED) is 0.707. The van der Waals surface area contributed by atoms with Crippen LogP contribution in [0.5, 0.6) is 0 Å². The van der Waals surface area contributed by atoms with Crippen LogP contribution in [-0.4, -0.2) is 18.5 Å². The fraction of sp³-hybridized carbons (Fsp3) is 1.00. The van der Waals surface area contributed by atoms with E-state index in [1.54, 1.807) is 0 Å². The van der Waals surface area contributed by atoms with Crippen molar-refractivity contribution in [3.63, 3.8) is 0 Å². The molecule has 0 heterocycles. The van der Waals surface area contributed by atoms with Crippen LogP contribution in [0.2, 0.25) is 0 Å². The van der Waals surface area contributed by atoms with Crippen molar-refractivity contribution in [2.75, 3.05) is 12.4 Å². The highest BCUT2D eigenvalue weighted by Crippen LogP contribution is 2.30. The molecule has 3 atom stereocenters. The van der Waals surface area contributed by atoms with E-state index in [1.807, 2.05) is 0 Å². The fourth-order valence-electron chi connectivity index (χ4n) is 2.58. The molecule has 0 aromatic carbocycles. The summed E-state index contributed by atoms with van der Waals surface area (Å²) in [6.07, 6.45) is 5.59. The predicted molar refractivity (Wildman–Crippen MR) is 69.6 cm³/mol. The second kappa shape index (κ2) is 6.80. The summed E-state index contributed by atoms with van der Waals surface area (Å²) in [4.78, 5) is 0. The first-order valence-corrected chi connectivity index (χ1v) is 7.01. The van der Waals surface area contributed by atoms with Gasteiger partial charge in [0.05, 0.1) is 12.7 Å². The van der Waals surface area contributed by atoms with E-state index in [0.717, 1.165) is 24.2 Å². The van der Waals surface area contributed by atoms with E-state index < -0.39 is 0 Å². The smallest absolute Gasteiger partial charge is 0.0580 e. The third-order valence-corrected chi connectivity index (χ3v) is 4.05. The molecule has 1 rings (SSSR count).